The van der Waals surface area contributed by atoms with Gasteiger partial charge in [-0.15, -0.1) is 0 Å². The quantitative estimate of drug-likeness (QED) is 0.895. The second-order valence-electron chi connectivity index (χ2n) is 6.12. The van der Waals surface area contributed by atoms with Crippen molar-refractivity contribution >= 4 is 21.6 Å². The molecular formula is C18H20N2O3S. The highest BCUT2D eigenvalue weighted by Gasteiger charge is 2.27. The van der Waals surface area contributed by atoms with Gasteiger partial charge >= 0.3 is 0 Å². The largest absolute Gasteiger partial charge is 0.326 e. The lowest BCUT2D eigenvalue weighted by molar-refractivity contribution is -0.114. The maximum atomic E-state index is 12.7. The minimum atomic E-state index is -3.66. The number of sulfonamides is 1. The Balaban J connectivity index is 1.84. The molecule has 6 heteroatoms. The predicted octanol–water partition coefficient (Wildman–Crippen LogP) is 2.92. The van der Waals surface area contributed by atoms with Crippen molar-refractivity contribution in [1.82, 2.24) is 4.72 Å². The maximum Gasteiger partial charge on any atom is 0.241 e. The lowest BCUT2D eigenvalue weighted by Crippen LogP contribution is -2.27. The number of amides is 1. The number of anilines is 1. The number of fused-ring (bicyclic) bond motifs is 1. The smallest absolute Gasteiger partial charge is 0.241 e. The van der Waals surface area contributed by atoms with E-state index >= 15 is 0 Å². The SMILES string of the molecule is CC(=O)Nc1cccc(S(=O)(=O)NC2CCc3cc(C)ccc32)c1. The van der Waals surface area contributed by atoms with Crippen molar-refractivity contribution in [2.24, 2.45) is 0 Å². The molecule has 2 N–H and O–H groups in total. The molecule has 0 spiro atoms. The Bertz CT molecular complexity index is 891. The zero-order chi connectivity index (χ0) is 17.3. The number of nitrogens with one attached hydrogen (secondary N) is 2. The second-order valence-corrected chi connectivity index (χ2v) is 7.84. The summed E-state index contributed by atoms with van der Waals surface area (Å²) >= 11 is 0. The van der Waals surface area contributed by atoms with Gasteiger partial charge in [-0.1, -0.05) is 29.8 Å². The number of carbonyl (C=O) groups excluding carboxylic acids is 1. The Morgan fingerprint density at radius 3 is 2.71 bits per heavy atom. The first-order chi connectivity index (χ1) is 11.3. The highest BCUT2D eigenvalue weighted by atomic mass is 32.2. The van der Waals surface area contributed by atoms with E-state index in [1.807, 2.05) is 19.1 Å². The molecule has 0 aliphatic heterocycles. The normalized spacial score (nSPS) is 16.7. The number of hydrogen-bond donors (Lipinski definition) is 2. The van der Waals surface area contributed by atoms with Crippen LogP contribution in [0, 0.1) is 6.92 Å². The summed E-state index contributed by atoms with van der Waals surface area (Å²) < 4.78 is 28.1. The van der Waals surface area contributed by atoms with Crippen molar-refractivity contribution in [2.75, 3.05) is 5.32 Å². The van der Waals surface area contributed by atoms with Crippen LogP contribution in [-0.4, -0.2) is 14.3 Å². The summed E-state index contributed by atoms with van der Waals surface area (Å²) in [4.78, 5) is 11.3. The third-order valence-electron chi connectivity index (χ3n) is 4.14. The second kappa shape index (κ2) is 6.37. The monoisotopic (exact) mass is 344 g/mol. The molecule has 0 fully saturated rings. The fraction of sp³-hybridized carbons (Fsp3) is 0.278. The van der Waals surface area contributed by atoms with Crippen LogP contribution in [0.15, 0.2) is 47.4 Å². The van der Waals surface area contributed by atoms with Crippen molar-refractivity contribution in [3.63, 3.8) is 0 Å². The van der Waals surface area contributed by atoms with Gasteiger partial charge in [0.15, 0.2) is 0 Å². The molecule has 1 unspecified atom stereocenters. The molecule has 1 atom stereocenters. The summed E-state index contributed by atoms with van der Waals surface area (Å²) in [6.45, 7) is 3.42. The van der Waals surface area contributed by atoms with Gasteiger partial charge in [0.2, 0.25) is 15.9 Å². The lowest BCUT2D eigenvalue weighted by atomic mass is 10.1. The van der Waals surface area contributed by atoms with Gasteiger partial charge < -0.3 is 5.32 Å². The number of carbonyl (C=O) groups is 1. The minimum Gasteiger partial charge on any atom is -0.326 e. The Labute approximate surface area is 142 Å². The third-order valence-corrected chi connectivity index (χ3v) is 5.61. The number of benzene rings is 2. The Morgan fingerprint density at radius 1 is 1.17 bits per heavy atom. The first-order valence-electron chi connectivity index (χ1n) is 7.84. The van der Waals surface area contributed by atoms with Crippen LogP contribution in [0.2, 0.25) is 0 Å². The highest BCUT2D eigenvalue weighted by Crippen LogP contribution is 2.33. The van der Waals surface area contributed by atoms with Gasteiger partial charge in [-0.2, -0.15) is 0 Å². The van der Waals surface area contributed by atoms with Gasteiger partial charge in [0.05, 0.1) is 4.90 Å². The van der Waals surface area contributed by atoms with Crippen molar-refractivity contribution in [2.45, 2.75) is 37.6 Å². The summed E-state index contributed by atoms with van der Waals surface area (Å²) in [5.41, 5.74) is 3.89. The van der Waals surface area contributed by atoms with E-state index in [1.165, 1.54) is 30.2 Å². The van der Waals surface area contributed by atoms with E-state index in [-0.39, 0.29) is 16.8 Å². The van der Waals surface area contributed by atoms with Gasteiger partial charge in [0.1, 0.15) is 0 Å². The van der Waals surface area contributed by atoms with E-state index in [0.29, 0.717) is 5.69 Å². The summed E-state index contributed by atoms with van der Waals surface area (Å²) in [5.74, 6) is -0.238. The van der Waals surface area contributed by atoms with E-state index in [9.17, 15) is 13.2 Å². The fourth-order valence-corrected chi connectivity index (χ4v) is 4.36. The van der Waals surface area contributed by atoms with Crippen LogP contribution in [0.25, 0.3) is 0 Å². The van der Waals surface area contributed by atoms with Gasteiger partial charge in [-0.05, 0) is 49.1 Å². The van der Waals surface area contributed by atoms with Crippen LogP contribution in [0.5, 0.6) is 0 Å². The van der Waals surface area contributed by atoms with E-state index < -0.39 is 10.0 Å². The van der Waals surface area contributed by atoms with Crippen LogP contribution in [-0.2, 0) is 21.2 Å². The first kappa shape index (κ1) is 16.7. The van der Waals surface area contributed by atoms with Crippen molar-refractivity contribution < 1.29 is 13.2 Å². The molecule has 1 aliphatic carbocycles. The third kappa shape index (κ3) is 3.49. The molecule has 126 valence electrons. The van der Waals surface area contributed by atoms with Crippen LogP contribution >= 0.6 is 0 Å². The van der Waals surface area contributed by atoms with Gasteiger partial charge in [-0.3, -0.25) is 4.79 Å². The summed E-state index contributed by atoms with van der Waals surface area (Å²) in [6.07, 6.45) is 1.62. The average molecular weight is 344 g/mol. The fourth-order valence-electron chi connectivity index (χ4n) is 3.07. The molecule has 0 bridgehead atoms. The van der Waals surface area contributed by atoms with Crippen LogP contribution in [0.1, 0.15) is 36.1 Å². The molecule has 0 aromatic heterocycles. The summed E-state index contributed by atoms with van der Waals surface area (Å²) in [6, 6.07) is 12.2. The molecule has 0 radical (unpaired) electrons. The molecule has 2 aromatic carbocycles. The zero-order valence-corrected chi connectivity index (χ0v) is 14.5. The Kier molecular flexibility index (Phi) is 4.43. The standard InChI is InChI=1S/C18H20N2O3S/c1-12-6-8-17-14(10-12)7-9-18(17)20-24(22,23)16-5-3-4-15(11-16)19-13(2)21/h3-6,8,10-11,18,20H,7,9H2,1-2H3,(H,19,21). The molecule has 5 nitrogen and oxygen atoms in total. The molecule has 0 saturated carbocycles. The zero-order valence-electron chi connectivity index (χ0n) is 13.7. The van der Waals surface area contributed by atoms with Gasteiger partial charge in [0.25, 0.3) is 0 Å². The van der Waals surface area contributed by atoms with E-state index in [0.717, 1.165) is 18.4 Å². The molecule has 0 heterocycles. The number of rotatable bonds is 4. The van der Waals surface area contributed by atoms with Crippen LogP contribution in [0.4, 0.5) is 5.69 Å². The lowest BCUT2D eigenvalue weighted by Gasteiger charge is -2.15. The maximum absolute atomic E-state index is 12.7. The molecular weight excluding hydrogens is 324 g/mol. The molecule has 24 heavy (non-hydrogen) atoms. The highest BCUT2D eigenvalue weighted by molar-refractivity contribution is 7.89. The Morgan fingerprint density at radius 2 is 1.96 bits per heavy atom. The Hall–Kier alpha value is -2.18. The van der Waals surface area contributed by atoms with Gasteiger partial charge in [-0.25, -0.2) is 13.1 Å². The van der Waals surface area contributed by atoms with Crippen LogP contribution < -0.4 is 10.0 Å². The molecule has 3 rings (SSSR count). The number of hydrogen-bond acceptors (Lipinski definition) is 3. The average Bonchev–Trinajstić information content (AvgIpc) is 2.88. The van der Waals surface area contributed by atoms with Crippen molar-refractivity contribution in [3.8, 4) is 0 Å². The summed E-state index contributed by atoms with van der Waals surface area (Å²) in [5, 5.41) is 2.60. The minimum absolute atomic E-state index is 0.148. The molecule has 0 saturated heterocycles. The van der Waals surface area contributed by atoms with E-state index in [2.05, 4.69) is 16.1 Å². The topological polar surface area (TPSA) is 75.3 Å². The van der Waals surface area contributed by atoms with Crippen molar-refractivity contribution in [3.05, 3.63) is 59.2 Å². The molecule has 1 amide bonds. The van der Waals surface area contributed by atoms with Crippen molar-refractivity contribution in [1.29, 1.82) is 0 Å². The van der Waals surface area contributed by atoms with E-state index in [4.69, 9.17) is 0 Å². The first-order valence-corrected chi connectivity index (χ1v) is 9.33. The predicted molar refractivity (Wildman–Crippen MR) is 93.3 cm³/mol. The molecule has 2 aromatic rings. The van der Waals surface area contributed by atoms with E-state index in [1.54, 1.807) is 12.1 Å². The van der Waals surface area contributed by atoms with Crippen LogP contribution in [0.3, 0.4) is 0 Å². The van der Waals surface area contributed by atoms with Gasteiger partial charge in [0, 0.05) is 18.7 Å². The molecule has 1 aliphatic rings. The number of aryl methyl sites for hydroxylation is 2. The summed E-state index contributed by atoms with van der Waals surface area (Å²) in [7, 11) is -3.66.